The smallest absolute Gasteiger partial charge is 0.263 e. The molecule has 0 aliphatic heterocycles. The molecule has 5 heteroatoms. The van der Waals surface area contributed by atoms with Gasteiger partial charge in [0.25, 0.3) is 6.43 Å². The number of aliphatic hydroxyl groups is 1. The topological polar surface area (TPSA) is 55.5 Å². The Hall–Kier alpha value is -1.04. The highest BCUT2D eigenvalue weighted by Gasteiger charge is 2.18. The molecule has 0 spiro atoms. The summed E-state index contributed by atoms with van der Waals surface area (Å²) in [5.41, 5.74) is 6.30. The first kappa shape index (κ1) is 15.0. The van der Waals surface area contributed by atoms with Crippen molar-refractivity contribution in [2.75, 3.05) is 6.54 Å². The lowest BCUT2D eigenvalue weighted by Crippen LogP contribution is -2.28. The predicted molar refractivity (Wildman–Crippen MR) is 65.4 cm³/mol. The van der Waals surface area contributed by atoms with Crippen molar-refractivity contribution in [2.24, 2.45) is 5.73 Å². The van der Waals surface area contributed by atoms with Gasteiger partial charge in [0.15, 0.2) is 0 Å². The fraction of sp³-hybridized carbons (Fsp3) is 0.538. The molecule has 0 radical (unpaired) electrons. The molecule has 1 aromatic rings. The lowest BCUT2D eigenvalue weighted by Gasteiger charge is -2.23. The molecule has 0 saturated heterocycles. The molecule has 3 N–H and O–H groups in total. The van der Waals surface area contributed by atoms with Crippen molar-refractivity contribution >= 4 is 0 Å². The summed E-state index contributed by atoms with van der Waals surface area (Å²) in [6.45, 7) is 3.59. The first-order valence-corrected chi connectivity index (χ1v) is 5.87. The van der Waals surface area contributed by atoms with Gasteiger partial charge in [0.1, 0.15) is 0 Å². The lowest BCUT2D eigenvalue weighted by molar-refractivity contribution is -0.0591. The Morgan fingerprint density at radius 3 is 2.06 bits per heavy atom. The quantitative estimate of drug-likeness (QED) is 0.824. The van der Waals surface area contributed by atoms with Crippen LogP contribution in [-0.4, -0.2) is 23.9 Å². The summed E-state index contributed by atoms with van der Waals surface area (Å²) in [4.78, 5) is 0. The van der Waals surface area contributed by atoms with Crippen molar-refractivity contribution in [1.29, 1.82) is 0 Å². The summed E-state index contributed by atoms with van der Waals surface area (Å²) in [5.74, 6) is 0. The molecular formula is C13H19F2NO2. The van der Waals surface area contributed by atoms with Crippen LogP contribution in [0, 0.1) is 0 Å². The van der Waals surface area contributed by atoms with Crippen LogP contribution in [0.3, 0.4) is 0 Å². The number of aliphatic hydroxyl groups excluding tert-OH is 1. The van der Waals surface area contributed by atoms with Gasteiger partial charge in [0.2, 0.25) is 0 Å². The number of rotatable bonds is 6. The summed E-state index contributed by atoms with van der Waals surface area (Å²) < 4.78 is 30.4. The van der Waals surface area contributed by atoms with E-state index in [0.29, 0.717) is 0 Å². The molecule has 102 valence electrons. The third-order valence-corrected chi connectivity index (χ3v) is 2.83. The van der Waals surface area contributed by atoms with Crippen molar-refractivity contribution in [2.45, 2.75) is 38.6 Å². The molecule has 0 fully saturated rings. The Balaban J connectivity index is 2.76. The van der Waals surface area contributed by atoms with Crippen molar-refractivity contribution in [1.82, 2.24) is 0 Å². The second-order valence-corrected chi connectivity index (χ2v) is 4.27. The van der Waals surface area contributed by atoms with Gasteiger partial charge < -0.3 is 15.6 Å². The van der Waals surface area contributed by atoms with Crippen LogP contribution in [-0.2, 0) is 4.74 Å². The minimum absolute atomic E-state index is 0.0295. The highest BCUT2D eigenvalue weighted by atomic mass is 19.3. The zero-order valence-electron chi connectivity index (χ0n) is 10.5. The Morgan fingerprint density at radius 1 is 1.17 bits per heavy atom. The van der Waals surface area contributed by atoms with E-state index in [2.05, 4.69) is 0 Å². The number of alkyl halides is 2. The third kappa shape index (κ3) is 4.01. The standard InChI is InChI=1S/C13H19F2NO2/c1-8(17)9(2)18-12(7-16)10-3-5-11(6-4-10)13(14)15/h3-6,8-9,12-13,17H,7,16H2,1-2H3. The monoisotopic (exact) mass is 259 g/mol. The largest absolute Gasteiger partial charge is 0.391 e. The second-order valence-electron chi connectivity index (χ2n) is 4.27. The van der Waals surface area contributed by atoms with Crippen LogP contribution in [0.2, 0.25) is 0 Å². The minimum atomic E-state index is -2.48. The Bertz CT molecular complexity index is 355. The molecule has 1 aromatic carbocycles. The number of benzene rings is 1. The van der Waals surface area contributed by atoms with Gasteiger partial charge in [0, 0.05) is 12.1 Å². The molecular weight excluding hydrogens is 240 g/mol. The molecule has 3 unspecified atom stereocenters. The van der Waals surface area contributed by atoms with E-state index in [1.54, 1.807) is 26.0 Å². The van der Waals surface area contributed by atoms with Gasteiger partial charge in [-0.25, -0.2) is 8.78 Å². The van der Waals surface area contributed by atoms with Gasteiger partial charge in [-0.1, -0.05) is 24.3 Å². The number of halogens is 2. The van der Waals surface area contributed by atoms with Crippen molar-refractivity contribution in [3.05, 3.63) is 35.4 Å². The second kappa shape index (κ2) is 6.78. The first-order valence-electron chi connectivity index (χ1n) is 5.87. The van der Waals surface area contributed by atoms with Gasteiger partial charge in [0.05, 0.1) is 18.3 Å². The fourth-order valence-electron chi connectivity index (χ4n) is 1.50. The van der Waals surface area contributed by atoms with E-state index in [1.165, 1.54) is 12.1 Å². The average molecular weight is 259 g/mol. The zero-order chi connectivity index (χ0) is 13.7. The summed E-state index contributed by atoms with van der Waals surface area (Å²) in [7, 11) is 0. The SMILES string of the molecule is CC(O)C(C)OC(CN)c1ccc(C(F)F)cc1. The summed E-state index contributed by atoms with van der Waals surface area (Å²) in [6, 6.07) is 5.87. The first-order chi connectivity index (χ1) is 8.45. The number of hydrogen-bond acceptors (Lipinski definition) is 3. The van der Waals surface area contributed by atoms with Crippen LogP contribution in [0.4, 0.5) is 8.78 Å². The molecule has 0 aromatic heterocycles. The van der Waals surface area contributed by atoms with Crippen molar-refractivity contribution < 1.29 is 18.6 Å². The molecule has 18 heavy (non-hydrogen) atoms. The molecule has 3 atom stereocenters. The van der Waals surface area contributed by atoms with Crippen LogP contribution in [0.1, 0.15) is 37.5 Å². The molecule has 0 aliphatic carbocycles. The van der Waals surface area contributed by atoms with Crippen molar-refractivity contribution in [3.63, 3.8) is 0 Å². The zero-order valence-corrected chi connectivity index (χ0v) is 10.5. The van der Waals surface area contributed by atoms with E-state index in [0.717, 1.165) is 5.56 Å². The fourth-order valence-corrected chi connectivity index (χ4v) is 1.50. The maximum Gasteiger partial charge on any atom is 0.263 e. The summed E-state index contributed by atoms with van der Waals surface area (Å²) in [5, 5.41) is 9.36. The number of hydrogen-bond donors (Lipinski definition) is 2. The van der Waals surface area contributed by atoms with Gasteiger partial charge in [-0.2, -0.15) is 0 Å². The normalized spacial score (nSPS) is 16.6. The molecule has 0 aliphatic rings. The molecule has 0 bridgehead atoms. The van der Waals surface area contributed by atoms with Gasteiger partial charge in [-0.05, 0) is 19.4 Å². The Kier molecular flexibility index (Phi) is 5.65. The third-order valence-electron chi connectivity index (χ3n) is 2.83. The van der Waals surface area contributed by atoms with Gasteiger partial charge in [-0.3, -0.25) is 0 Å². The number of nitrogens with two attached hydrogens (primary N) is 1. The van der Waals surface area contributed by atoms with E-state index in [-0.39, 0.29) is 18.2 Å². The molecule has 3 nitrogen and oxygen atoms in total. The Labute approximate surface area is 106 Å². The van der Waals surface area contributed by atoms with Crippen LogP contribution < -0.4 is 5.73 Å². The molecule has 0 saturated carbocycles. The number of ether oxygens (including phenoxy) is 1. The summed E-state index contributed by atoms with van der Waals surface area (Å²) >= 11 is 0. The van der Waals surface area contributed by atoms with E-state index in [9.17, 15) is 13.9 Å². The van der Waals surface area contributed by atoms with Crippen LogP contribution in [0.25, 0.3) is 0 Å². The minimum Gasteiger partial charge on any atom is -0.391 e. The maximum atomic E-state index is 12.4. The predicted octanol–water partition coefficient (Wildman–Crippen LogP) is 2.41. The van der Waals surface area contributed by atoms with Crippen molar-refractivity contribution in [3.8, 4) is 0 Å². The van der Waals surface area contributed by atoms with Gasteiger partial charge >= 0.3 is 0 Å². The molecule has 1 rings (SSSR count). The van der Waals surface area contributed by atoms with E-state index in [4.69, 9.17) is 10.5 Å². The summed E-state index contributed by atoms with van der Waals surface area (Å²) in [6.07, 6.45) is -3.86. The highest BCUT2D eigenvalue weighted by molar-refractivity contribution is 5.25. The van der Waals surface area contributed by atoms with E-state index in [1.807, 2.05) is 0 Å². The van der Waals surface area contributed by atoms with Crippen LogP contribution in [0.5, 0.6) is 0 Å². The lowest BCUT2D eigenvalue weighted by atomic mass is 10.1. The van der Waals surface area contributed by atoms with Crippen LogP contribution in [0.15, 0.2) is 24.3 Å². The Morgan fingerprint density at radius 2 is 1.67 bits per heavy atom. The van der Waals surface area contributed by atoms with Gasteiger partial charge in [-0.15, -0.1) is 0 Å². The molecule has 0 heterocycles. The maximum absolute atomic E-state index is 12.4. The highest BCUT2D eigenvalue weighted by Crippen LogP contribution is 2.23. The average Bonchev–Trinajstić information content (AvgIpc) is 2.35. The molecule has 0 amide bonds. The van der Waals surface area contributed by atoms with E-state index >= 15 is 0 Å². The van der Waals surface area contributed by atoms with E-state index < -0.39 is 18.6 Å². The van der Waals surface area contributed by atoms with Crippen LogP contribution >= 0.6 is 0 Å².